The zero-order valence-corrected chi connectivity index (χ0v) is 12.2. The number of pyridine rings is 1. The van der Waals surface area contributed by atoms with Crippen LogP contribution in [0, 0.1) is 0 Å². The van der Waals surface area contributed by atoms with Gasteiger partial charge in [0, 0.05) is 18.6 Å². The third kappa shape index (κ3) is 2.22. The van der Waals surface area contributed by atoms with Crippen LogP contribution < -0.4 is 5.32 Å². The number of halogens is 1. The third-order valence-electron chi connectivity index (χ3n) is 2.54. The molecular formula is C12H8ClN3OS2. The number of carbonyl (C=O) groups is 1. The van der Waals surface area contributed by atoms with Crippen molar-refractivity contribution in [3.8, 4) is 9.88 Å². The van der Waals surface area contributed by atoms with Gasteiger partial charge in [-0.25, -0.2) is 4.98 Å². The molecule has 96 valence electrons. The Labute approximate surface area is 122 Å². The Bertz CT molecular complexity index is 765. The van der Waals surface area contributed by atoms with Gasteiger partial charge in [-0.05, 0) is 12.1 Å². The molecular weight excluding hydrogens is 302 g/mol. The van der Waals surface area contributed by atoms with Crippen LogP contribution in [-0.2, 0) is 0 Å². The van der Waals surface area contributed by atoms with Crippen LogP contribution in [0.25, 0.3) is 20.1 Å². The molecule has 0 aliphatic carbocycles. The monoisotopic (exact) mass is 309 g/mol. The van der Waals surface area contributed by atoms with E-state index in [4.69, 9.17) is 11.6 Å². The minimum atomic E-state index is -0.181. The minimum Gasteiger partial charge on any atom is -0.354 e. The summed E-state index contributed by atoms with van der Waals surface area (Å²) < 4.78 is 0.941. The highest BCUT2D eigenvalue weighted by atomic mass is 35.5. The SMILES string of the molecule is CNC(=O)c1csc(-c2cc3nccc(Cl)c3s2)n1. The number of carbonyl (C=O) groups excluding carboxylic acids is 1. The topological polar surface area (TPSA) is 54.9 Å². The number of hydrogen-bond acceptors (Lipinski definition) is 5. The van der Waals surface area contributed by atoms with Crippen molar-refractivity contribution < 1.29 is 4.79 Å². The second-order valence-electron chi connectivity index (χ2n) is 3.73. The smallest absolute Gasteiger partial charge is 0.270 e. The number of aromatic nitrogens is 2. The molecule has 3 rings (SSSR count). The van der Waals surface area contributed by atoms with Crippen molar-refractivity contribution >= 4 is 50.4 Å². The molecule has 1 N–H and O–H groups in total. The van der Waals surface area contributed by atoms with Gasteiger partial charge in [-0.1, -0.05) is 11.6 Å². The molecule has 1 amide bonds. The predicted molar refractivity (Wildman–Crippen MR) is 79.1 cm³/mol. The Morgan fingerprint density at radius 3 is 3.05 bits per heavy atom. The normalized spacial score (nSPS) is 10.8. The van der Waals surface area contributed by atoms with Gasteiger partial charge < -0.3 is 5.32 Å². The number of rotatable bonds is 2. The number of nitrogens with zero attached hydrogens (tertiary/aromatic N) is 2. The van der Waals surface area contributed by atoms with Crippen LogP contribution in [0.4, 0.5) is 0 Å². The lowest BCUT2D eigenvalue weighted by atomic mass is 10.4. The molecule has 3 aromatic rings. The maximum Gasteiger partial charge on any atom is 0.270 e. The van der Waals surface area contributed by atoms with Gasteiger partial charge in [-0.15, -0.1) is 22.7 Å². The molecule has 4 nitrogen and oxygen atoms in total. The van der Waals surface area contributed by atoms with E-state index in [-0.39, 0.29) is 5.91 Å². The van der Waals surface area contributed by atoms with Crippen molar-refractivity contribution in [2.45, 2.75) is 0 Å². The zero-order chi connectivity index (χ0) is 13.4. The summed E-state index contributed by atoms with van der Waals surface area (Å²) in [5.74, 6) is -0.181. The van der Waals surface area contributed by atoms with Crippen LogP contribution in [-0.4, -0.2) is 22.9 Å². The average molecular weight is 310 g/mol. The Kier molecular flexibility index (Phi) is 3.22. The lowest BCUT2D eigenvalue weighted by Crippen LogP contribution is -2.17. The van der Waals surface area contributed by atoms with Crippen molar-refractivity contribution in [3.05, 3.63) is 34.4 Å². The summed E-state index contributed by atoms with van der Waals surface area (Å²) in [5, 5.41) is 5.79. The van der Waals surface area contributed by atoms with E-state index in [9.17, 15) is 4.79 Å². The van der Waals surface area contributed by atoms with Crippen molar-refractivity contribution in [1.29, 1.82) is 0 Å². The van der Waals surface area contributed by atoms with Gasteiger partial charge in [0.05, 0.1) is 20.1 Å². The van der Waals surface area contributed by atoms with E-state index in [1.54, 1.807) is 24.7 Å². The van der Waals surface area contributed by atoms with Crippen molar-refractivity contribution in [3.63, 3.8) is 0 Å². The van der Waals surface area contributed by atoms with E-state index < -0.39 is 0 Å². The highest BCUT2D eigenvalue weighted by Crippen LogP contribution is 2.37. The molecule has 0 fully saturated rings. The average Bonchev–Trinajstić information content (AvgIpc) is 3.04. The summed E-state index contributed by atoms with van der Waals surface area (Å²) >= 11 is 9.09. The molecule has 0 aliphatic heterocycles. The van der Waals surface area contributed by atoms with E-state index in [1.165, 1.54) is 22.7 Å². The minimum absolute atomic E-state index is 0.181. The van der Waals surface area contributed by atoms with Crippen LogP contribution >= 0.6 is 34.3 Å². The lowest BCUT2D eigenvalue weighted by molar-refractivity contribution is 0.0959. The van der Waals surface area contributed by atoms with E-state index in [0.717, 1.165) is 20.1 Å². The summed E-state index contributed by atoms with van der Waals surface area (Å²) in [6.07, 6.45) is 1.68. The van der Waals surface area contributed by atoms with Crippen LogP contribution in [0.15, 0.2) is 23.7 Å². The summed E-state index contributed by atoms with van der Waals surface area (Å²) in [5.41, 5.74) is 1.28. The van der Waals surface area contributed by atoms with Crippen molar-refractivity contribution in [2.75, 3.05) is 7.05 Å². The quantitative estimate of drug-likeness (QED) is 0.789. The van der Waals surface area contributed by atoms with Gasteiger partial charge in [-0.2, -0.15) is 0 Å². The lowest BCUT2D eigenvalue weighted by Gasteiger charge is -1.91. The molecule has 0 spiro atoms. The molecule has 0 radical (unpaired) electrons. The van der Waals surface area contributed by atoms with E-state index in [1.807, 2.05) is 6.07 Å². The molecule has 0 aliphatic rings. The fourth-order valence-corrected chi connectivity index (χ4v) is 3.78. The Morgan fingerprint density at radius 1 is 1.47 bits per heavy atom. The molecule has 19 heavy (non-hydrogen) atoms. The zero-order valence-electron chi connectivity index (χ0n) is 9.81. The van der Waals surface area contributed by atoms with Gasteiger partial charge in [-0.3, -0.25) is 9.78 Å². The van der Waals surface area contributed by atoms with Crippen LogP contribution in [0.2, 0.25) is 5.02 Å². The standard InChI is InChI=1S/C12H8ClN3OS2/c1-14-11(17)8-5-18-12(16-8)9-4-7-10(19-9)6(13)2-3-15-7/h2-5H,1H3,(H,14,17). The first kappa shape index (κ1) is 12.5. The maximum atomic E-state index is 11.5. The number of thiophene rings is 1. The number of fused-ring (bicyclic) bond motifs is 1. The van der Waals surface area contributed by atoms with Gasteiger partial charge in [0.15, 0.2) is 0 Å². The predicted octanol–water partition coefficient (Wildman–Crippen LogP) is 3.43. The molecule has 7 heteroatoms. The fraction of sp³-hybridized carbons (Fsp3) is 0.0833. The van der Waals surface area contributed by atoms with Crippen LogP contribution in [0.1, 0.15) is 10.5 Å². The maximum absolute atomic E-state index is 11.5. The van der Waals surface area contributed by atoms with Crippen molar-refractivity contribution in [2.24, 2.45) is 0 Å². The molecule has 3 heterocycles. The van der Waals surface area contributed by atoms with Crippen molar-refractivity contribution in [1.82, 2.24) is 15.3 Å². The number of thiazole rings is 1. The van der Waals surface area contributed by atoms with Gasteiger partial charge in [0.1, 0.15) is 10.7 Å². The van der Waals surface area contributed by atoms with Gasteiger partial charge in [0.25, 0.3) is 5.91 Å². The Balaban J connectivity index is 2.07. The molecule has 0 saturated carbocycles. The number of nitrogens with one attached hydrogen (secondary N) is 1. The summed E-state index contributed by atoms with van der Waals surface area (Å²) in [7, 11) is 1.59. The molecule has 0 unspecified atom stereocenters. The second-order valence-corrected chi connectivity index (χ2v) is 6.05. The molecule has 0 atom stereocenters. The summed E-state index contributed by atoms with van der Waals surface area (Å²) in [6.45, 7) is 0. The fourth-order valence-electron chi connectivity index (χ4n) is 1.63. The van der Waals surface area contributed by atoms with E-state index >= 15 is 0 Å². The van der Waals surface area contributed by atoms with E-state index in [0.29, 0.717) is 10.7 Å². The highest BCUT2D eigenvalue weighted by Gasteiger charge is 2.13. The summed E-state index contributed by atoms with van der Waals surface area (Å²) in [4.78, 5) is 21.0. The second kappa shape index (κ2) is 4.88. The van der Waals surface area contributed by atoms with Crippen LogP contribution in [0.5, 0.6) is 0 Å². The molecule has 0 bridgehead atoms. The third-order valence-corrected chi connectivity index (χ3v) is 5.13. The highest BCUT2D eigenvalue weighted by molar-refractivity contribution is 7.25. The first-order valence-electron chi connectivity index (χ1n) is 5.41. The Hall–Kier alpha value is -1.50. The first-order chi connectivity index (χ1) is 9.19. The van der Waals surface area contributed by atoms with Gasteiger partial charge >= 0.3 is 0 Å². The van der Waals surface area contributed by atoms with E-state index in [2.05, 4.69) is 15.3 Å². The molecule has 3 aromatic heterocycles. The first-order valence-corrected chi connectivity index (χ1v) is 7.48. The number of amides is 1. The summed E-state index contributed by atoms with van der Waals surface area (Å²) in [6, 6.07) is 3.71. The van der Waals surface area contributed by atoms with Crippen LogP contribution in [0.3, 0.4) is 0 Å². The Morgan fingerprint density at radius 2 is 2.32 bits per heavy atom. The number of hydrogen-bond donors (Lipinski definition) is 1. The largest absolute Gasteiger partial charge is 0.354 e. The molecule has 0 saturated heterocycles. The van der Waals surface area contributed by atoms with Gasteiger partial charge in [0.2, 0.25) is 0 Å². The molecule has 0 aromatic carbocycles.